The Bertz CT molecular complexity index is 1570. The minimum absolute atomic E-state index is 0.0984. The van der Waals surface area contributed by atoms with Gasteiger partial charge >= 0.3 is 6.09 Å². The molecule has 3 fully saturated rings. The number of fused-ring (bicyclic) bond motifs is 4. The Morgan fingerprint density at radius 3 is 2.31 bits per heavy atom. The molecular formula is C31H30N2O9. The van der Waals surface area contributed by atoms with Crippen molar-refractivity contribution < 1.29 is 43.3 Å². The molecule has 1 saturated carbocycles. The van der Waals surface area contributed by atoms with Gasteiger partial charge in [-0.1, -0.05) is 29.8 Å². The molecule has 11 heteroatoms. The largest absolute Gasteiger partial charge is 0.507 e. The summed E-state index contributed by atoms with van der Waals surface area (Å²) in [4.78, 5) is 69.6. The van der Waals surface area contributed by atoms with Crippen molar-refractivity contribution in [2.45, 2.75) is 25.7 Å². The first-order valence-electron chi connectivity index (χ1n) is 13.6. The number of nitrogens with zero attached hydrogens (tertiary/aromatic N) is 2. The van der Waals surface area contributed by atoms with Gasteiger partial charge in [0.1, 0.15) is 17.2 Å². The molecule has 2 aliphatic heterocycles. The van der Waals surface area contributed by atoms with Crippen molar-refractivity contribution in [3.05, 3.63) is 59.7 Å². The molecule has 0 unspecified atom stereocenters. The smallest absolute Gasteiger partial charge is 0.423 e. The maximum Gasteiger partial charge on any atom is 0.423 e. The average Bonchev–Trinajstić information content (AvgIpc) is 3.36. The van der Waals surface area contributed by atoms with Crippen molar-refractivity contribution >= 4 is 35.4 Å². The van der Waals surface area contributed by atoms with Gasteiger partial charge in [0.05, 0.1) is 50.2 Å². The van der Waals surface area contributed by atoms with Gasteiger partial charge in [-0.3, -0.25) is 19.2 Å². The summed E-state index contributed by atoms with van der Waals surface area (Å²) >= 11 is 0. The molecule has 2 saturated heterocycles. The zero-order valence-corrected chi connectivity index (χ0v) is 23.5. The van der Waals surface area contributed by atoms with E-state index in [2.05, 4.69) is 0 Å². The molecule has 6 atom stereocenters. The molecular weight excluding hydrogens is 544 g/mol. The number of hydrogen-bond acceptors (Lipinski definition) is 9. The van der Waals surface area contributed by atoms with Gasteiger partial charge in [-0.25, -0.2) is 9.69 Å². The number of allylic oxidation sites excluding steroid dienone is 2. The Balaban J connectivity index is 1.57. The quantitative estimate of drug-likeness (QED) is 0.430. The number of phenolic OH excluding ortho intramolecular Hbond substituents is 1. The molecule has 2 aromatic rings. The third-order valence-electron chi connectivity index (χ3n) is 9.48. The van der Waals surface area contributed by atoms with E-state index in [1.165, 1.54) is 25.2 Å². The van der Waals surface area contributed by atoms with Crippen LogP contribution >= 0.6 is 0 Å². The Morgan fingerprint density at radius 1 is 0.952 bits per heavy atom. The lowest BCUT2D eigenvalue weighted by atomic mass is 9.51. The first kappa shape index (κ1) is 27.5. The zero-order chi connectivity index (χ0) is 30.1. The summed E-state index contributed by atoms with van der Waals surface area (Å²) in [5.74, 6) is -6.11. The van der Waals surface area contributed by atoms with Crippen LogP contribution in [0.25, 0.3) is 0 Å². The van der Waals surface area contributed by atoms with E-state index in [4.69, 9.17) is 14.2 Å². The molecule has 1 N–H and O–H groups in total. The van der Waals surface area contributed by atoms with Crippen molar-refractivity contribution in [2.75, 3.05) is 26.2 Å². The van der Waals surface area contributed by atoms with Gasteiger partial charge in [0.2, 0.25) is 23.6 Å². The van der Waals surface area contributed by atoms with E-state index >= 15 is 0 Å². The normalized spacial score (nSPS) is 30.0. The lowest BCUT2D eigenvalue weighted by Crippen LogP contribution is -2.49. The summed E-state index contributed by atoms with van der Waals surface area (Å²) in [5, 5.41) is 11.4. The van der Waals surface area contributed by atoms with Crippen LogP contribution in [0.15, 0.2) is 54.1 Å². The second-order valence-corrected chi connectivity index (χ2v) is 11.2. The van der Waals surface area contributed by atoms with Gasteiger partial charge in [0, 0.05) is 23.6 Å². The van der Waals surface area contributed by atoms with Gasteiger partial charge in [-0.05, 0) is 37.8 Å². The molecule has 11 nitrogen and oxygen atoms in total. The molecule has 2 aromatic carbocycles. The topological polar surface area (TPSA) is 140 Å². The van der Waals surface area contributed by atoms with Crippen molar-refractivity contribution in [1.29, 1.82) is 0 Å². The number of carbonyl (C=O) groups is 5. The Morgan fingerprint density at radius 2 is 1.67 bits per heavy atom. The molecule has 0 aromatic heterocycles. The third-order valence-corrected chi connectivity index (χ3v) is 9.48. The molecule has 2 heterocycles. The molecule has 2 aliphatic carbocycles. The fraction of sp³-hybridized carbons (Fsp3) is 0.387. The van der Waals surface area contributed by atoms with Crippen LogP contribution in [0.2, 0.25) is 0 Å². The summed E-state index contributed by atoms with van der Waals surface area (Å²) in [6.07, 6.45) is 0.988. The highest BCUT2D eigenvalue weighted by molar-refractivity contribution is 6.24. The molecule has 218 valence electrons. The number of anilines is 1. The number of benzene rings is 2. The van der Waals surface area contributed by atoms with Crippen LogP contribution in [-0.4, -0.2) is 61.1 Å². The van der Waals surface area contributed by atoms with Crippen LogP contribution < -0.4 is 14.4 Å². The molecule has 0 bridgehead atoms. The number of likely N-dealkylation sites (tertiary alicyclic amines) is 1. The average molecular weight is 575 g/mol. The van der Waals surface area contributed by atoms with Crippen molar-refractivity contribution in [1.82, 2.24) is 4.90 Å². The first-order chi connectivity index (χ1) is 20.1. The molecule has 42 heavy (non-hydrogen) atoms. The Labute approximate surface area is 241 Å². The number of aromatic hydroxyl groups is 1. The highest BCUT2D eigenvalue weighted by Gasteiger charge is 2.68. The summed E-state index contributed by atoms with van der Waals surface area (Å²) < 4.78 is 15.7. The first-order valence-corrected chi connectivity index (χ1v) is 13.6. The lowest BCUT2D eigenvalue weighted by Gasteiger charge is -2.49. The number of phenols is 1. The molecule has 4 aliphatic rings. The lowest BCUT2D eigenvalue weighted by molar-refractivity contribution is -0.138. The van der Waals surface area contributed by atoms with Crippen LogP contribution in [0.5, 0.6) is 17.2 Å². The number of ether oxygens (including phenoxy) is 3. The Kier molecular flexibility index (Phi) is 6.36. The van der Waals surface area contributed by atoms with Crippen LogP contribution in [0.1, 0.15) is 31.2 Å². The highest BCUT2D eigenvalue weighted by atomic mass is 16.5. The molecule has 0 spiro atoms. The van der Waals surface area contributed by atoms with E-state index in [1.54, 1.807) is 43.3 Å². The van der Waals surface area contributed by atoms with Crippen molar-refractivity contribution in [2.24, 2.45) is 29.1 Å². The third kappa shape index (κ3) is 3.55. The van der Waals surface area contributed by atoms with Crippen molar-refractivity contribution in [3.63, 3.8) is 0 Å². The van der Waals surface area contributed by atoms with Crippen LogP contribution in [0.3, 0.4) is 0 Å². The van der Waals surface area contributed by atoms with E-state index < -0.39 is 64.7 Å². The van der Waals surface area contributed by atoms with Gasteiger partial charge in [0.15, 0.2) is 0 Å². The van der Waals surface area contributed by atoms with E-state index in [0.29, 0.717) is 21.9 Å². The minimum Gasteiger partial charge on any atom is -0.507 e. The fourth-order valence-electron chi connectivity index (χ4n) is 7.58. The number of imide groups is 4. The molecule has 6 rings (SSSR count). The van der Waals surface area contributed by atoms with E-state index in [1.807, 2.05) is 6.08 Å². The van der Waals surface area contributed by atoms with E-state index in [9.17, 15) is 29.1 Å². The van der Waals surface area contributed by atoms with Gasteiger partial charge in [0.25, 0.3) is 0 Å². The summed E-state index contributed by atoms with van der Waals surface area (Å²) in [5.41, 5.74) is -0.0584. The maximum atomic E-state index is 14.4. The SMILES string of the molecule is COC(=O)N1C(=O)[C@H]2[C@H](CC=C3[C@H]2C[C@H]2C(=O)N(c4ccccc4)C(=O)[C@@]2(C)[C@H]3c2c(O)cc(OC)cc2OC)C1=O. The standard InChI is InChI=1S/C31H30N2O9/c1-31-20(27(36)32(29(31)38)15-8-6-5-7-9-15)14-19-17(25(31)24-21(34)12-16(40-2)13-22(24)41-3)10-11-18-23(19)28(37)33(26(18)35)30(39)42-4/h5-10,12-13,18-20,23,25,34H,11,14H2,1-4H3/t18-,19+,20-,23-,25+,31+/m0/s1. The van der Waals surface area contributed by atoms with Crippen LogP contribution in [-0.2, 0) is 23.9 Å². The molecule has 5 amide bonds. The monoisotopic (exact) mass is 574 g/mol. The number of rotatable bonds is 4. The van der Waals surface area contributed by atoms with Gasteiger partial charge < -0.3 is 19.3 Å². The van der Waals surface area contributed by atoms with E-state index in [0.717, 1.165) is 7.11 Å². The van der Waals surface area contributed by atoms with Gasteiger partial charge in [-0.2, -0.15) is 4.90 Å². The Hall–Kier alpha value is -4.67. The highest BCUT2D eigenvalue weighted by Crippen LogP contribution is 2.65. The number of amides is 5. The second-order valence-electron chi connectivity index (χ2n) is 11.2. The van der Waals surface area contributed by atoms with Crippen LogP contribution in [0, 0.1) is 29.1 Å². The number of methoxy groups -OCH3 is 3. The fourth-order valence-corrected chi connectivity index (χ4v) is 7.58. The van der Waals surface area contributed by atoms with E-state index in [-0.39, 0.29) is 29.9 Å². The predicted molar refractivity (Wildman–Crippen MR) is 147 cm³/mol. The zero-order valence-electron chi connectivity index (χ0n) is 23.5. The number of carbonyl (C=O) groups excluding carboxylic acids is 5. The van der Waals surface area contributed by atoms with Gasteiger partial charge in [-0.15, -0.1) is 0 Å². The predicted octanol–water partition coefficient (Wildman–Crippen LogP) is 3.41. The summed E-state index contributed by atoms with van der Waals surface area (Å²) in [7, 11) is 3.96. The number of hydrogen-bond donors (Lipinski definition) is 1. The van der Waals surface area contributed by atoms with Crippen molar-refractivity contribution in [3.8, 4) is 17.2 Å². The second kappa shape index (κ2) is 9.71. The summed E-state index contributed by atoms with van der Waals surface area (Å²) in [6, 6.07) is 11.6. The maximum absolute atomic E-state index is 14.4. The molecule has 0 radical (unpaired) electrons. The minimum atomic E-state index is -1.38. The van der Waals surface area contributed by atoms with Crippen LogP contribution in [0.4, 0.5) is 10.5 Å². The summed E-state index contributed by atoms with van der Waals surface area (Å²) in [6.45, 7) is 1.71. The number of para-hydroxylation sites is 1.